The Morgan fingerprint density at radius 2 is 2.15 bits per heavy atom. The van der Waals surface area contributed by atoms with Crippen molar-refractivity contribution >= 4 is 5.91 Å². The lowest BCUT2D eigenvalue weighted by atomic mass is 9.85. The van der Waals surface area contributed by atoms with Gasteiger partial charge in [0.1, 0.15) is 0 Å². The average Bonchev–Trinajstić information content (AvgIpc) is 2.39. The van der Waals surface area contributed by atoms with Gasteiger partial charge in [0, 0.05) is 12.0 Å². The molecule has 1 aliphatic heterocycles. The summed E-state index contributed by atoms with van der Waals surface area (Å²) >= 11 is 0. The molecule has 13 heavy (non-hydrogen) atoms. The highest BCUT2D eigenvalue weighted by Gasteiger charge is 2.52. The highest BCUT2D eigenvalue weighted by molar-refractivity contribution is 5.79. The van der Waals surface area contributed by atoms with E-state index in [4.69, 9.17) is 0 Å². The van der Waals surface area contributed by atoms with Gasteiger partial charge in [0.15, 0.2) is 0 Å². The third-order valence-electron chi connectivity index (χ3n) is 3.52. The standard InChI is InChI=1S/C10H18N2O/c1-7-4-9(2,3)6-10(7)5-8(13)11-12-10/h7,12H,4-6H2,1-3H3,(H,11,13). The van der Waals surface area contributed by atoms with E-state index in [0.717, 1.165) is 6.42 Å². The normalized spacial score (nSPS) is 42.7. The summed E-state index contributed by atoms with van der Waals surface area (Å²) in [5, 5.41) is 0. The maximum atomic E-state index is 11.2. The van der Waals surface area contributed by atoms with E-state index >= 15 is 0 Å². The molecule has 0 radical (unpaired) electrons. The van der Waals surface area contributed by atoms with Gasteiger partial charge in [-0.25, -0.2) is 5.43 Å². The number of amides is 1. The Kier molecular flexibility index (Phi) is 1.71. The van der Waals surface area contributed by atoms with Crippen molar-refractivity contribution in [1.82, 2.24) is 10.9 Å². The molecule has 1 saturated heterocycles. The summed E-state index contributed by atoms with van der Waals surface area (Å²) in [6, 6.07) is 0. The molecule has 2 atom stereocenters. The van der Waals surface area contributed by atoms with Gasteiger partial charge in [-0.05, 0) is 24.2 Å². The maximum absolute atomic E-state index is 11.2. The lowest BCUT2D eigenvalue weighted by molar-refractivity contribution is -0.119. The van der Waals surface area contributed by atoms with Crippen LogP contribution < -0.4 is 10.9 Å². The number of hydrogen-bond acceptors (Lipinski definition) is 2. The van der Waals surface area contributed by atoms with Crippen LogP contribution in [0.25, 0.3) is 0 Å². The van der Waals surface area contributed by atoms with E-state index in [2.05, 4.69) is 31.6 Å². The zero-order valence-electron chi connectivity index (χ0n) is 8.61. The Bertz CT molecular complexity index is 249. The maximum Gasteiger partial charge on any atom is 0.236 e. The van der Waals surface area contributed by atoms with Gasteiger partial charge in [0.25, 0.3) is 0 Å². The number of hydrazine groups is 1. The third kappa shape index (κ3) is 1.35. The first-order valence-corrected chi connectivity index (χ1v) is 5.00. The Morgan fingerprint density at radius 3 is 2.54 bits per heavy atom. The van der Waals surface area contributed by atoms with Crippen molar-refractivity contribution in [3.63, 3.8) is 0 Å². The van der Waals surface area contributed by atoms with E-state index in [9.17, 15) is 4.79 Å². The van der Waals surface area contributed by atoms with Gasteiger partial charge in [0.2, 0.25) is 5.91 Å². The summed E-state index contributed by atoms with van der Waals surface area (Å²) < 4.78 is 0. The van der Waals surface area contributed by atoms with Crippen LogP contribution in [0.4, 0.5) is 0 Å². The van der Waals surface area contributed by atoms with E-state index in [-0.39, 0.29) is 11.4 Å². The zero-order chi connectivity index (χ0) is 9.69. The smallest absolute Gasteiger partial charge is 0.236 e. The molecule has 1 saturated carbocycles. The van der Waals surface area contributed by atoms with Gasteiger partial charge >= 0.3 is 0 Å². The van der Waals surface area contributed by atoms with Crippen molar-refractivity contribution in [1.29, 1.82) is 0 Å². The van der Waals surface area contributed by atoms with Crippen molar-refractivity contribution in [2.75, 3.05) is 0 Å². The Morgan fingerprint density at radius 1 is 1.46 bits per heavy atom. The molecule has 2 N–H and O–H groups in total. The molecule has 0 aromatic carbocycles. The molecule has 1 spiro atoms. The predicted molar refractivity (Wildman–Crippen MR) is 50.8 cm³/mol. The largest absolute Gasteiger partial charge is 0.291 e. The quantitative estimate of drug-likeness (QED) is 0.591. The second-order valence-electron chi connectivity index (χ2n) is 5.45. The van der Waals surface area contributed by atoms with Gasteiger partial charge < -0.3 is 0 Å². The van der Waals surface area contributed by atoms with Crippen molar-refractivity contribution < 1.29 is 4.79 Å². The fourth-order valence-electron chi connectivity index (χ4n) is 3.10. The first-order chi connectivity index (χ1) is 5.94. The van der Waals surface area contributed by atoms with Crippen LogP contribution in [-0.4, -0.2) is 11.4 Å². The molecule has 2 aliphatic rings. The lowest BCUT2D eigenvalue weighted by Crippen LogP contribution is -2.46. The van der Waals surface area contributed by atoms with Gasteiger partial charge in [-0.1, -0.05) is 20.8 Å². The number of rotatable bonds is 0. The third-order valence-corrected chi connectivity index (χ3v) is 3.52. The van der Waals surface area contributed by atoms with E-state index in [1.165, 1.54) is 6.42 Å². The first kappa shape index (κ1) is 9.00. The fourth-order valence-corrected chi connectivity index (χ4v) is 3.10. The van der Waals surface area contributed by atoms with E-state index in [1.807, 2.05) is 0 Å². The Hall–Kier alpha value is -0.570. The fraction of sp³-hybridized carbons (Fsp3) is 0.900. The molecule has 0 aromatic rings. The lowest BCUT2D eigenvalue weighted by Gasteiger charge is -2.27. The monoisotopic (exact) mass is 182 g/mol. The van der Waals surface area contributed by atoms with Gasteiger partial charge in [-0.2, -0.15) is 0 Å². The summed E-state index contributed by atoms with van der Waals surface area (Å²) in [6.07, 6.45) is 2.95. The second-order valence-corrected chi connectivity index (χ2v) is 5.45. The van der Waals surface area contributed by atoms with Crippen molar-refractivity contribution in [2.24, 2.45) is 11.3 Å². The molecular weight excluding hydrogens is 164 g/mol. The van der Waals surface area contributed by atoms with Gasteiger partial charge in [-0.15, -0.1) is 0 Å². The topological polar surface area (TPSA) is 41.1 Å². The van der Waals surface area contributed by atoms with Crippen LogP contribution in [0.5, 0.6) is 0 Å². The SMILES string of the molecule is CC1CC(C)(C)CC12CC(=O)NN2. The summed E-state index contributed by atoms with van der Waals surface area (Å²) in [5.41, 5.74) is 6.34. The van der Waals surface area contributed by atoms with Crippen LogP contribution in [0.1, 0.15) is 40.0 Å². The van der Waals surface area contributed by atoms with Crippen LogP contribution >= 0.6 is 0 Å². The molecule has 74 valence electrons. The molecular formula is C10H18N2O. The summed E-state index contributed by atoms with van der Waals surface area (Å²) in [6.45, 7) is 6.80. The predicted octanol–water partition coefficient (Wildman–Crippen LogP) is 1.21. The van der Waals surface area contributed by atoms with Crippen molar-refractivity contribution in [3.8, 4) is 0 Å². The van der Waals surface area contributed by atoms with Crippen molar-refractivity contribution in [3.05, 3.63) is 0 Å². The first-order valence-electron chi connectivity index (χ1n) is 5.00. The minimum Gasteiger partial charge on any atom is -0.291 e. The number of carbonyl (C=O) groups is 1. The van der Waals surface area contributed by atoms with Crippen LogP contribution in [0, 0.1) is 11.3 Å². The van der Waals surface area contributed by atoms with E-state index in [1.54, 1.807) is 0 Å². The number of hydrogen-bond donors (Lipinski definition) is 2. The molecule has 1 heterocycles. The number of nitrogens with one attached hydrogen (secondary N) is 2. The van der Waals surface area contributed by atoms with Crippen LogP contribution in [0.2, 0.25) is 0 Å². The van der Waals surface area contributed by atoms with Crippen LogP contribution in [0.3, 0.4) is 0 Å². The van der Waals surface area contributed by atoms with Crippen LogP contribution in [-0.2, 0) is 4.79 Å². The summed E-state index contributed by atoms with van der Waals surface area (Å²) in [7, 11) is 0. The zero-order valence-corrected chi connectivity index (χ0v) is 8.61. The average molecular weight is 182 g/mol. The molecule has 3 heteroatoms. The Labute approximate surface area is 79.2 Å². The Balaban J connectivity index is 2.20. The highest BCUT2D eigenvalue weighted by atomic mass is 16.2. The molecule has 1 amide bonds. The number of carbonyl (C=O) groups excluding carboxylic acids is 1. The molecule has 3 nitrogen and oxygen atoms in total. The van der Waals surface area contributed by atoms with Crippen molar-refractivity contribution in [2.45, 2.75) is 45.6 Å². The molecule has 2 unspecified atom stereocenters. The molecule has 2 rings (SSSR count). The molecule has 1 aliphatic carbocycles. The molecule has 0 aromatic heterocycles. The van der Waals surface area contributed by atoms with Crippen LogP contribution in [0.15, 0.2) is 0 Å². The van der Waals surface area contributed by atoms with E-state index in [0.29, 0.717) is 17.8 Å². The minimum atomic E-state index is 0.0422. The highest BCUT2D eigenvalue weighted by Crippen LogP contribution is 2.49. The summed E-state index contributed by atoms with van der Waals surface area (Å²) in [5.74, 6) is 0.728. The minimum absolute atomic E-state index is 0.0422. The van der Waals surface area contributed by atoms with E-state index < -0.39 is 0 Å². The van der Waals surface area contributed by atoms with Gasteiger partial charge in [-0.3, -0.25) is 10.2 Å². The second kappa shape index (κ2) is 2.47. The molecule has 0 bridgehead atoms. The van der Waals surface area contributed by atoms with Gasteiger partial charge in [0.05, 0.1) is 0 Å². The molecule has 2 fully saturated rings. The summed E-state index contributed by atoms with van der Waals surface area (Å²) in [4.78, 5) is 11.2.